The van der Waals surface area contributed by atoms with E-state index in [0.29, 0.717) is 13.1 Å². The van der Waals surface area contributed by atoms with Gasteiger partial charge in [-0.1, -0.05) is 18.2 Å². The van der Waals surface area contributed by atoms with Crippen molar-refractivity contribution in [1.82, 2.24) is 15.2 Å². The zero-order valence-corrected chi connectivity index (χ0v) is 12.3. The third kappa shape index (κ3) is 2.45. The summed E-state index contributed by atoms with van der Waals surface area (Å²) in [5, 5.41) is 3.74. The van der Waals surface area contributed by atoms with Crippen LogP contribution in [0.15, 0.2) is 24.3 Å². The molecule has 1 aliphatic heterocycles. The van der Waals surface area contributed by atoms with Crippen LogP contribution in [0, 0.1) is 6.92 Å². The summed E-state index contributed by atoms with van der Waals surface area (Å²) in [5.74, 6) is 0.0520. The molecule has 0 unspecified atom stereocenters. The van der Waals surface area contributed by atoms with Crippen molar-refractivity contribution in [3.8, 4) is 0 Å². The van der Waals surface area contributed by atoms with E-state index >= 15 is 0 Å². The lowest BCUT2D eigenvalue weighted by Gasteiger charge is -2.31. The second-order valence-corrected chi connectivity index (χ2v) is 5.53. The highest BCUT2D eigenvalue weighted by Crippen LogP contribution is 2.24. The molecular formula is C16H19N3O2. The van der Waals surface area contributed by atoms with Crippen molar-refractivity contribution in [2.75, 3.05) is 19.6 Å². The molecule has 1 fully saturated rings. The maximum atomic E-state index is 12.9. The Hall–Kier alpha value is -2.14. The highest BCUT2D eigenvalue weighted by atomic mass is 16.2. The van der Waals surface area contributed by atoms with Crippen molar-refractivity contribution >= 4 is 22.6 Å². The zero-order valence-electron chi connectivity index (χ0n) is 12.3. The van der Waals surface area contributed by atoms with Crippen LogP contribution in [-0.2, 0) is 4.79 Å². The van der Waals surface area contributed by atoms with Crippen LogP contribution < -0.4 is 5.32 Å². The summed E-state index contributed by atoms with van der Waals surface area (Å²) in [6.45, 7) is 5.39. The fourth-order valence-corrected chi connectivity index (χ4v) is 2.96. The number of fused-ring (bicyclic) bond motifs is 1. The molecule has 5 nitrogen and oxygen atoms in total. The smallest absolute Gasteiger partial charge is 0.234 e. The van der Waals surface area contributed by atoms with Crippen LogP contribution in [0.4, 0.5) is 0 Å². The number of hydrogen-bond acceptors (Lipinski definition) is 3. The third-order valence-corrected chi connectivity index (χ3v) is 4.14. The Morgan fingerprint density at radius 2 is 2.10 bits per heavy atom. The van der Waals surface area contributed by atoms with E-state index in [9.17, 15) is 9.59 Å². The standard InChI is InChI=1S/C16H19N3O2/c1-10-15(12-5-3-4-6-13(12)18-10)16(21)11(2)19-8-7-17-14(20)9-19/h3-6,11,18H,7-9H2,1-2H3,(H,17,20)/t11-/m1/s1. The number of para-hydroxylation sites is 1. The number of nitrogens with zero attached hydrogens (tertiary/aromatic N) is 1. The van der Waals surface area contributed by atoms with Gasteiger partial charge in [0.05, 0.1) is 12.6 Å². The number of aromatic nitrogens is 1. The normalized spacial score (nSPS) is 17.7. The number of amides is 1. The number of hydrogen-bond donors (Lipinski definition) is 2. The number of aromatic amines is 1. The van der Waals surface area contributed by atoms with Crippen LogP contribution in [0.5, 0.6) is 0 Å². The number of carbonyl (C=O) groups is 2. The Morgan fingerprint density at radius 3 is 2.86 bits per heavy atom. The molecule has 110 valence electrons. The molecule has 2 N–H and O–H groups in total. The molecular weight excluding hydrogens is 266 g/mol. The topological polar surface area (TPSA) is 65.2 Å². The van der Waals surface area contributed by atoms with Gasteiger partial charge in [0.15, 0.2) is 5.78 Å². The van der Waals surface area contributed by atoms with Crippen molar-refractivity contribution in [2.24, 2.45) is 0 Å². The summed E-state index contributed by atoms with van der Waals surface area (Å²) < 4.78 is 0. The van der Waals surface area contributed by atoms with Crippen LogP contribution in [0.3, 0.4) is 0 Å². The van der Waals surface area contributed by atoms with Crippen LogP contribution in [-0.4, -0.2) is 47.3 Å². The van der Waals surface area contributed by atoms with Crippen LogP contribution in [0.1, 0.15) is 23.0 Å². The number of Topliss-reactive ketones (excluding diaryl/α,β-unsaturated/α-hetero) is 1. The SMILES string of the molecule is Cc1[nH]c2ccccc2c1C(=O)[C@@H](C)N1CCNC(=O)C1. The molecule has 0 radical (unpaired) electrons. The van der Waals surface area contributed by atoms with Crippen molar-refractivity contribution < 1.29 is 9.59 Å². The Labute approximate surface area is 123 Å². The van der Waals surface area contributed by atoms with Gasteiger partial charge in [-0.15, -0.1) is 0 Å². The first-order valence-corrected chi connectivity index (χ1v) is 7.20. The van der Waals surface area contributed by atoms with Gasteiger partial charge in [0.1, 0.15) is 0 Å². The molecule has 3 rings (SSSR count). The average Bonchev–Trinajstić information content (AvgIpc) is 2.81. The summed E-state index contributed by atoms with van der Waals surface area (Å²) in [5.41, 5.74) is 2.60. The predicted molar refractivity (Wildman–Crippen MR) is 81.4 cm³/mol. The van der Waals surface area contributed by atoms with Gasteiger partial charge in [0, 0.05) is 35.2 Å². The number of nitrogens with one attached hydrogen (secondary N) is 2. The molecule has 1 atom stereocenters. The molecule has 1 amide bonds. The first-order valence-electron chi connectivity index (χ1n) is 7.20. The summed E-state index contributed by atoms with van der Waals surface area (Å²) >= 11 is 0. The number of ketones is 1. The van der Waals surface area contributed by atoms with E-state index in [1.807, 2.05) is 43.0 Å². The molecule has 0 spiro atoms. The fourth-order valence-electron chi connectivity index (χ4n) is 2.96. The number of benzene rings is 1. The zero-order chi connectivity index (χ0) is 15.0. The van der Waals surface area contributed by atoms with E-state index in [1.165, 1.54) is 0 Å². The second kappa shape index (κ2) is 5.33. The lowest BCUT2D eigenvalue weighted by molar-refractivity contribution is -0.124. The molecule has 0 aliphatic carbocycles. The molecule has 1 saturated heterocycles. The number of rotatable bonds is 3. The first-order chi connectivity index (χ1) is 10.1. The Bertz CT molecular complexity index is 705. The number of aryl methyl sites for hydroxylation is 1. The van der Waals surface area contributed by atoms with E-state index in [2.05, 4.69) is 10.3 Å². The molecule has 0 bridgehead atoms. The van der Waals surface area contributed by atoms with E-state index in [1.54, 1.807) is 0 Å². The number of piperazine rings is 1. The van der Waals surface area contributed by atoms with Crippen molar-refractivity contribution in [3.05, 3.63) is 35.5 Å². The summed E-state index contributed by atoms with van der Waals surface area (Å²) in [4.78, 5) is 29.5. The predicted octanol–water partition coefficient (Wildman–Crippen LogP) is 1.48. The fraction of sp³-hybridized carbons (Fsp3) is 0.375. The molecule has 2 aromatic rings. The highest BCUT2D eigenvalue weighted by Gasteiger charge is 2.29. The Kier molecular flexibility index (Phi) is 3.51. The largest absolute Gasteiger partial charge is 0.358 e. The molecule has 1 aromatic heterocycles. The van der Waals surface area contributed by atoms with Crippen LogP contribution >= 0.6 is 0 Å². The highest BCUT2D eigenvalue weighted by molar-refractivity contribution is 6.11. The summed E-state index contributed by atoms with van der Waals surface area (Å²) in [6.07, 6.45) is 0. The van der Waals surface area contributed by atoms with E-state index < -0.39 is 0 Å². The van der Waals surface area contributed by atoms with Crippen LogP contribution in [0.25, 0.3) is 10.9 Å². The lowest BCUT2D eigenvalue weighted by Crippen LogP contribution is -2.52. The lowest BCUT2D eigenvalue weighted by atomic mass is 10.0. The minimum atomic E-state index is -0.297. The summed E-state index contributed by atoms with van der Waals surface area (Å²) in [6, 6.07) is 7.52. The van der Waals surface area contributed by atoms with Gasteiger partial charge in [-0.25, -0.2) is 0 Å². The van der Waals surface area contributed by atoms with Gasteiger partial charge in [-0.3, -0.25) is 14.5 Å². The van der Waals surface area contributed by atoms with Gasteiger partial charge < -0.3 is 10.3 Å². The van der Waals surface area contributed by atoms with Gasteiger partial charge in [-0.05, 0) is 19.9 Å². The Morgan fingerprint density at radius 1 is 1.33 bits per heavy atom. The van der Waals surface area contributed by atoms with Gasteiger partial charge in [0.25, 0.3) is 0 Å². The van der Waals surface area contributed by atoms with E-state index in [4.69, 9.17) is 0 Å². The van der Waals surface area contributed by atoms with Gasteiger partial charge >= 0.3 is 0 Å². The number of carbonyl (C=O) groups excluding carboxylic acids is 2. The molecule has 5 heteroatoms. The Balaban J connectivity index is 1.93. The molecule has 2 heterocycles. The molecule has 1 aliphatic rings. The van der Waals surface area contributed by atoms with Crippen molar-refractivity contribution in [1.29, 1.82) is 0 Å². The van der Waals surface area contributed by atoms with Gasteiger partial charge in [0.2, 0.25) is 5.91 Å². The summed E-state index contributed by atoms with van der Waals surface area (Å²) in [7, 11) is 0. The maximum Gasteiger partial charge on any atom is 0.234 e. The van der Waals surface area contributed by atoms with Crippen molar-refractivity contribution in [3.63, 3.8) is 0 Å². The van der Waals surface area contributed by atoms with E-state index in [-0.39, 0.29) is 24.3 Å². The first kappa shape index (κ1) is 13.8. The van der Waals surface area contributed by atoms with Gasteiger partial charge in [-0.2, -0.15) is 0 Å². The quantitative estimate of drug-likeness (QED) is 0.840. The molecule has 1 aromatic carbocycles. The average molecular weight is 285 g/mol. The monoisotopic (exact) mass is 285 g/mol. The van der Waals surface area contributed by atoms with Crippen LogP contribution in [0.2, 0.25) is 0 Å². The van der Waals surface area contributed by atoms with E-state index in [0.717, 1.165) is 22.2 Å². The minimum absolute atomic E-state index is 0.0171. The molecule has 21 heavy (non-hydrogen) atoms. The second-order valence-electron chi connectivity index (χ2n) is 5.53. The minimum Gasteiger partial charge on any atom is -0.358 e. The number of H-pyrrole nitrogens is 1. The molecule has 0 saturated carbocycles. The van der Waals surface area contributed by atoms with Crippen molar-refractivity contribution in [2.45, 2.75) is 19.9 Å². The maximum absolute atomic E-state index is 12.9. The third-order valence-electron chi connectivity index (χ3n) is 4.14.